The van der Waals surface area contributed by atoms with Crippen molar-refractivity contribution in [3.05, 3.63) is 36.5 Å². The molecule has 0 aromatic carbocycles. The predicted molar refractivity (Wildman–Crippen MR) is 337 cm³/mol. The van der Waals surface area contributed by atoms with Crippen LogP contribution in [0, 0.1) is 0 Å². The summed E-state index contributed by atoms with van der Waals surface area (Å²) in [6, 6.07) is -0.831. The topological polar surface area (TPSA) is 228 Å². The SMILES string of the molecule is CCCCCCC/C=C\C/C=C\C/C=C\CCCCCCCCCCCCCCC(=O)NC(COC1OC(CO)C(OC2OC(CO)C(O)C(O)C2O)C(O)C1O)C(O)CCCCCCCCCCCCCCCCCCCCCCCC. The highest BCUT2D eigenvalue weighted by Crippen LogP contribution is 2.30. The molecule has 14 nitrogen and oxygen atoms in total. The van der Waals surface area contributed by atoms with Gasteiger partial charge in [-0.15, -0.1) is 0 Å². The van der Waals surface area contributed by atoms with Gasteiger partial charge in [0.2, 0.25) is 5.91 Å². The quantitative estimate of drug-likeness (QED) is 0.0204. The van der Waals surface area contributed by atoms with Gasteiger partial charge in [-0.3, -0.25) is 4.79 Å². The van der Waals surface area contributed by atoms with Gasteiger partial charge in [0.25, 0.3) is 0 Å². The third-order valence-corrected chi connectivity index (χ3v) is 17.1. The lowest BCUT2D eigenvalue weighted by Crippen LogP contribution is -2.65. The van der Waals surface area contributed by atoms with Gasteiger partial charge in [-0.1, -0.05) is 281 Å². The third-order valence-electron chi connectivity index (χ3n) is 17.1. The Balaban J connectivity index is 1.68. The molecule has 0 aromatic heterocycles. The zero-order chi connectivity index (χ0) is 60.2. The molecule has 0 spiro atoms. The number of aliphatic hydroxyl groups excluding tert-OH is 8. The first-order chi connectivity index (χ1) is 40.6. The van der Waals surface area contributed by atoms with Gasteiger partial charge in [-0.25, -0.2) is 0 Å². The molecular weight excluding hydrogens is 1050 g/mol. The van der Waals surface area contributed by atoms with Crippen LogP contribution in [-0.4, -0.2) is 140 Å². The molecule has 0 aromatic rings. The van der Waals surface area contributed by atoms with Gasteiger partial charge in [0.15, 0.2) is 12.6 Å². The Hall–Kier alpha value is -1.79. The molecule has 0 aliphatic carbocycles. The predicted octanol–water partition coefficient (Wildman–Crippen LogP) is 13.7. The summed E-state index contributed by atoms with van der Waals surface area (Å²) in [5.41, 5.74) is 0. The Labute approximate surface area is 506 Å². The van der Waals surface area contributed by atoms with Crippen LogP contribution in [0.3, 0.4) is 0 Å². The van der Waals surface area contributed by atoms with Crippen molar-refractivity contribution in [1.82, 2.24) is 5.32 Å². The van der Waals surface area contributed by atoms with Gasteiger partial charge in [-0.2, -0.15) is 0 Å². The Kier molecular flexibility index (Phi) is 50.6. The molecule has 14 heteroatoms. The van der Waals surface area contributed by atoms with Crippen molar-refractivity contribution in [2.75, 3.05) is 19.8 Å². The molecule has 83 heavy (non-hydrogen) atoms. The Bertz CT molecular complexity index is 1530. The number of carbonyl (C=O) groups excluding carboxylic acids is 1. The number of hydrogen-bond donors (Lipinski definition) is 9. The summed E-state index contributed by atoms with van der Waals surface area (Å²) in [5.74, 6) is -0.205. The fourth-order valence-electron chi connectivity index (χ4n) is 11.5. The van der Waals surface area contributed by atoms with Crippen LogP contribution in [0.15, 0.2) is 36.5 Å². The Morgan fingerprint density at radius 2 is 0.795 bits per heavy atom. The minimum absolute atomic E-state index is 0.205. The molecule has 0 bridgehead atoms. The largest absolute Gasteiger partial charge is 0.394 e. The highest BCUT2D eigenvalue weighted by Gasteiger charge is 2.51. The number of allylic oxidation sites excluding steroid dienone is 6. The molecule has 2 rings (SSSR count). The number of carbonyl (C=O) groups is 1. The second kappa shape index (κ2) is 54.4. The first-order valence-corrected chi connectivity index (χ1v) is 34.7. The number of rotatable bonds is 57. The van der Waals surface area contributed by atoms with E-state index in [1.54, 1.807) is 0 Å². The molecule has 12 unspecified atom stereocenters. The van der Waals surface area contributed by atoms with Crippen molar-refractivity contribution in [3.8, 4) is 0 Å². The number of unbranched alkanes of at least 4 members (excludes halogenated alkanes) is 38. The van der Waals surface area contributed by atoms with Crippen molar-refractivity contribution in [2.45, 2.75) is 376 Å². The minimum atomic E-state index is -1.78. The molecule has 2 heterocycles. The second-order valence-corrected chi connectivity index (χ2v) is 24.7. The van der Waals surface area contributed by atoms with Crippen LogP contribution in [-0.2, 0) is 23.7 Å². The van der Waals surface area contributed by atoms with E-state index >= 15 is 0 Å². The molecule has 0 radical (unpaired) electrons. The highest BCUT2D eigenvalue weighted by atomic mass is 16.7. The van der Waals surface area contributed by atoms with Crippen LogP contribution in [0.4, 0.5) is 0 Å². The van der Waals surface area contributed by atoms with Crippen molar-refractivity contribution in [3.63, 3.8) is 0 Å². The van der Waals surface area contributed by atoms with E-state index in [-0.39, 0.29) is 12.5 Å². The Morgan fingerprint density at radius 1 is 0.434 bits per heavy atom. The molecule has 2 aliphatic rings. The lowest BCUT2D eigenvalue weighted by Gasteiger charge is -2.46. The summed E-state index contributed by atoms with van der Waals surface area (Å²) < 4.78 is 22.9. The Morgan fingerprint density at radius 3 is 1.22 bits per heavy atom. The fraction of sp³-hybridized carbons (Fsp3) is 0.899. The van der Waals surface area contributed by atoms with E-state index in [1.165, 1.54) is 212 Å². The number of hydrogen-bond acceptors (Lipinski definition) is 13. The second-order valence-electron chi connectivity index (χ2n) is 24.7. The summed E-state index contributed by atoms with van der Waals surface area (Å²) in [5, 5.41) is 87.6. The van der Waals surface area contributed by atoms with Crippen molar-refractivity contribution in [2.24, 2.45) is 0 Å². The summed E-state index contributed by atoms with van der Waals surface area (Å²) in [6.07, 6.45) is 51.5. The van der Waals surface area contributed by atoms with Crippen LogP contribution in [0.1, 0.15) is 303 Å². The molecule has 9 N–H and O–H groups in total. The molecule has 12 atom stereocenters. The normalized spacial score (nSPS) is 24.0. The van der Waals surface area contributed by atoms with E-state index in [9.17, 15) is 45.6 Å². The number of amides is 1. The molecular formula is C69H129NO13. The molecule has 0 saturated carbocycles. The van der Waals surface area contributed by atoms with Crippen molar-refractivity contribution >= 4 is 5.91 Å². The fourth-order valence-corrected chi connectivity index (χ4v) is 11.5. The maximum Gasteiger partial charge on any atom is 0.220 e. The van der Waals surface area contributed by atoms with Gasteiger partial charge in [-0.05, 0) is 51.4 Å². The van der Waals surface area contributed by atoms with Crippen LogP contribution >= 0.6 is 0 Å². The van der Waals surface area contributed by atoms with E-state index in [1.807, 2.05) is 0 Å². The van der Waals surface area contributed by atoms with Gasteiger partial charge >= 0.3 is 0 Å². The smallest absolute Gasteiger partial charge is 0.220 e. The highest BCUT2D eigenvalue weighted by molar-refractivity contribution is 5.76. The van der Waals surface area contributed by atoms with Crippen LogP contribution in [0.25, 0.3) is 0 Å². The summed E-state index contributed by atoms with van der Waals surface area (Å²) in [6.45, 7) is 2.89. The van der Waals surface area contributed by atoms with Crippen molar-refractivity contribution in [1.29, 1.82) is 0 Å². The number of ether oxygens (including phenoxy) is 4. The first-order valence-electron chi connectivity index (χ1n) is 34.7. The average molecular weight is 1180 g/mol. The number of aliphatic hydroxyl groups is 8. The van der Waals surface area contributed by atoms with Gasteiger partial charge in [0.05, 0.1) is 32.0 Å². The molecule has 488 valence electrons. The standard InChI is InChI=1S/C69H129NO13/c1-3-5-7-9-11-13-15-17-19-21-23-25-27-28-29-30-31-33-35-37-39-41-43-45-47-49-51-53-61(74)70-57(56-80-68-66(79)64(77)67(60(55-72)82-68)83-69-65(78)63(76)62(75)59(54-71)81-69)58(73)52-50-48-46-44-42-40-38-36-34-32-26-24-22-20-18-16-14-12-10-8-6-4-2/h15,17,21,23,27-28,57-60,62-69,71-73,75-79H,3-14,16,18-20,22,24-26,29-56H2,1-2H3,(H,70,74)/b17-15-,23-21-,28-27-. The maximum atomic E-state index is 13.3. The zero-order valence-corrected chi connectivity index (χ0v) is 53.0. The molecule has 2 saturated heterocycles. The van der Waals surface area contributed by atoms with Crippen LogP contribution < -0.4 is 5.32 Å². The van der Waals surface area contributed by atoms with E-state index in [0.717, 1.165) is 64.2 Å². The lowest BCUT2D eigenvalue weighted by molar-refractivity contribution is -0.359. The third kappa shape index (κ3) is 39.0. The summed E-state index contributed by atoms with van der Waals surface area (Å²) in [7, 11) is 0. The van der Waals surface area contributed by atoms with Gasteiger partial charge in [0, 0.05) is 6.42 Å². The molecule has 2 fully saturated rings. The zero-order valence-electron chi connectivity index (χ0n) is 53.0. The summed E-state index contributed by atoms with van der Waals surface area (Å²) >= 11 is 0. The number of nitrogens with one attached hydrogen (secondary N) is 1. The van der Waals surface area contributed by atoms with Crippen LogP contribution in [0.5, 0.6) is 0 Å². The van der Waals surface area contributed by atoms with E-state index < -0.39 is 86.8 Å². The van der Waals surface area contributed by atoms with E-state index in [4.69, 9.17) is 18.9 Å². The van der Waals surface area contributed by atoms with Crippen LogP contribution in [0.2, 0.25) is 0 Å². The minimum Gasteiger partial charge on any atom is -0.394 e. The first kappa shape index (κ1) is 77.3. The van der Waals surface area contributed by atoms with E-state index in [2.05, 4.69) is 55.6 Å². The van der Waals surface area contributed by atoms with Gasteiger partial charge in [0.1, 0.15) is 48.8 Å². The molecule has 2 aliphatic heterocycles. The van der Waals surface area contributed by atoms with Crippen molar-refractivity contribution < 1.29 is 64.6 Å². The maximum absolute atomic E-state index is 13.3. The van der Waals surface area contributed by atoms with Gasteiger partial charge < -0.3 is 65.1 Å². The molecule has 1 amide bonds. The lowest BCUT2D eigenvalue weighted by atomic mass is 9.97. The van der Waals surface area contributed by atoms with E-state index in [0.29, 0.717) is 12.8 Å². The summed E-state index contributed by atoms with van der Waals surface area (Å²) in [4.78, 5) is 13.3. The monoisotopic (exact) mass is 1180 g/mol. The average Bonchev–Trinajstić information content (AvgIpc) is 3.65.